The van der Waals surface area contributed by atoms with Crippen molar-refractivity contribution >= 4 is 23.4 Å². The van der Waals surface area contributed by atoms with Crippen LogP contribution in [0.4, 0.5) is 0 Å². The van der Waals surface area contributed by atoms with E-state index in [0.717, 1.165) is 11.0 Å². The maximum atomic E-state index is 4.06. The second-order valence-corrected chi connectivity index (χ2v) is 1.92. The highest BCUT2D eigenvalue weighted by Gasteiger charge is 1.88. The van der Waals surface area contributed by atoms with E-state index in [1.54, 1.807) is 6.33 Å². The number of nitrogens with one attached hydrogen (secondary N) is 1. The van der Waals surface area contributed by atoms with E-state index in [-0.39, 0.29) is 18.6 Å². The molecule has 1 aromatic carbocycles. The maximum Gasteiger partial charge on any atom is 0.0931 e. The van der Waals surface area contributed by atoms with Crippen molar-refractivity contribution in [2.24, 2.45) is 0 Å². The molecule has 0 radical (unpaired) electrons. The fourth-order valence-electron chi connectivity index (χ4n) is 0.880. The van der Waals surface area contributed by atoms with Crippen molar-refractivity contribution in [2.75, 3.05) is 0 Å². The SMILES string of the molecule is Cl.N.c1ccc2[nH]cnc2c1. The van der Waals surface area contributed by atoms with E-state index in [1.165, 1.54) is 0 Å². The molecule has 4 N–H and O–H groups in total. The summed E-state index contributed by atoms with van der Waals surface area (Å²) in [6, 6.07) is 7.94. The lowest BCUT2D eigenvalue weighted by Crippen LogP contribution is -1.63. The summed E-state index contributed by atoms with van der Waals surface area (Å²) < 4.78 is 0. The summed E-state index contributed by atoms with van der Waals surface area (Å²) in [5.41, 5.74) is 2.12. The van der Waals surface area contributed by atoms with Crippen molar-refractivity contribution in [3.8, 4) is 0 Å². The fourth-order valence-corrected chi connectivity index (χ4v) is 0.880. The van der Waals surface area contributed by atoms with Crippen LogP contribution in [0.25, 0.3) is 11.0 Å². The predicted octanol–water partition coefficient (Wildman–Crippen LogP) is 2.15. The van der Waals surface area contributed by atoms with E-state index in [4.69, 9.17) is 0 Å². The molecule has 0 spiro atoms. The van der Waals surface area contributed by atoms with Gasteiger partial charge in [-0.15, -0.1) is 12.4 Å². The van der Waals surface area contributed by atoms with Crippen molar-refractivity contribution in [2.45, 2.75) is 0 Å². The topological polar surface area (TPSA) is 63.7 Å². The molecular weight excluding hydrogens is 162 g/mol. The number of nitrogens with zero attached hydrogens (tertiary/aromatic N) is 1. The Morgan fingerprint density at radius 3 is 2.64 bits per heavy atom. The molecule has 2 aromatic rings. The smallest absolute Gasteiger partial charge is 0.0931 e. The molecule has 0 unspecified atom stereocenters. The van der Waals surface area contributed by atoms with Gasteiger partial charge in [0.25, 0.3) is 0 Å². The summed E-state index contributed by atoms with van der Waals surface area (Å²) in [7, 11) is 0. The second kappa shape index (κ2) is 3.95. The van der Waals surface area contributed by atoms with Crippen LogP contribution >= 0.6 is 12.4 Å². The van der Waals surface area contributed by atoms with Gasteiger partial charge in [-0.05, 0) is 12.1 Å². The number of H-pyrrole nitrogens is 1. The van der Waals surface area contributed by atoms with Crippen molar-refractivity contribution in [3.05, 3.63) is 30.6 Å². The third-order valence-corrected chi connectivity index (χ3v) is 1.33. The first-order valence-corrected chi connectivity index (χ1v) is 2.85. The Labute approximate surface area is 70.8 Å². The number of imidazole rings is 1. The highest BCUT2D eigenvalue weighted by molar-refractivity contribution is 5.85. The first-order chi connectivity index (χ1) is 4.47. The van der Waals surface area contributed by atoms with Gasteiger partial charge in [0.05, 0.1) is 17.4 Å². The van der Waals surface area contributed by atoms with Gasteiger partial charge in [-0.25, -0.2) is 4.98 Å². The zero-order valence-corrected chi connectivity index (χ0v) is 6.77. The van der Waals surface area contributed by atoms with Crippen LogP contribution in [-0.2, 0) is 0 Å². The molecule has 0 aliphatic heterocycles. The number of benzene rings is 1. The number of halogens is 1. The predicted molar refractivity (Wildman–Crippen MR) is 48.4 cm³/mol. The third-order valence-electron chi connectivity index (χ3n) is 1.33. The molecule has 0 bridgehead atoms. The van der Waals surface area contributed by atoms with E-state index in [1.807, 2.05) is 24.3 Å². The third kappa shape index (κ3) is 1.69. The van der Waals surface area contributed by atoms with Gasteiger partial charge < -0.3 is 11.1 Å². The molecule has 0 amide bonds. The molecule has 1 aromatic heterocycles. The Morgan fingerprint density at radius 1 is 1.18 bits per heavy atom. The van der Waals surface area contributed by atoms with Crippen molar-refractivity contribution in [1.29, 1.82) is 0 Å². The number of hydrogen-bond acceptors (Lipinski definition) is 2. The van der Waals surface area contributed by atoms with Gasteiger partial charge in [0, 0.05) is 0 Å². The van der Waals surface area contributed by atoms with Crippen LogP contribution in [0, 0.1) is 0 Å². The van der Waals surface area contributed by atoms with Gasteiger partial charge in [-0.2, -0.15) is 0 Å². The van der Waals surface area contributed by atoms with Gasteiger partial charge in [0.1, 0.15) is 0 Å². The molecule has 0 aliphatic carbocycles. The van der Waals surface area contributed by atoms with Crippen LogP contribution in [0.1, 0.15) is 0 Å². The fraction of sp³-hybridized carbons (Fsp3) is 0. The molecule has 11 heavy (non-hydrogen) atoms. The van der Waals surface area contributed by atoms with Crippen LogP contribution in [0.5, 0.6) is 0 Å². The highest BCUT2D eigenvalue weighted by atomic mass is 35.5. The van der Waals surface area contributed by atoms with Crippen LogP contribution in [-0.4, -0.2) is 9.97 Å². The molecule has 3 nitrogen and oxygen atoms in total. The first kappa shape index (κ1) is 9.94. The quantitative estimate of drug-likeness (QED) is 0.638. The largest absolute Gasteiger partial charge is 0.345 e. The van der Waals surface area contributed by atoms with Crippen LogP contribution < -0.4 is 6.15 Å². The standard InChI is InChI=1S/C7H6N2.ClH.H3N/c1-2-4-7-6(3-1)8-5-9-7;;/h1-5H,(H,8,9);1H;1H3. The summed E-state index contributed by atoms with van der Waals surface area (Å²) in [4.78, 5) is 7.07. The lowest BCUT2D eigenvalue weighted by atomic mass is 10.3. The summed E-state index contributed by atoms with van der Waals surface area (Å²) >= 11 is 0. The second-order valence-electron chi connectivity index (χ2n) is 1.92. The lowest BCUT2D eigenvalue weighted by molar-refractivity contribution is 1.34. The Morgan fingerprint density at radius 2 is 1.91 bits per heavy atom. The van der Waals surface area contributed by atoms with E-state index in [0.29, 0.717) is 0 Å². The highest BCUT2D eigenvalue weighted by Crippen LogP contribution is 2.05. The van der Waals surface area contributed by atoms with Gasteiger partial charge >= 0.3 is 0 Å². The normalized spacial score (nSPS) is 8.36. The number of para-hydroxylation sites is 2. The van der Waals surface area contributed by atoms with Crippen LogP contribution in [0.15, 0.2) is 30.6 Å². The molecule has 1 heterocycles. The number of aromatic nitrogens is 2. The zero-order valence-electron chi connectivity index (χ0n) is 5.95. The Balaban J connectivity index is 0.000000500. The van der Waals surface area contributed by atoms with E-state index in [9.17, 15) is 0 Å². The molecule has 0 aliphatic rings. The summed E-state index contributed by atoms with van der Waals surface area (Å²) in [5, 5.41) is 0. The van der Waals surface area contributed by atoms with Gasteiger partial charge in [0.15, 0.2) is 0 Å². The average molecular weight is 172 g/mol. The van der Waals surface area contributed by atoms with Crippen molar-refractivity contribution in [3.63, 3.8) is 0 Å². The van der Waals surface area contributed by atoms with E-state index in [2.05, 4.69) is 9.97 Å². The number of fused-ring (bicyclic) bond motifs is 1. The summed E-state index contributed by atoms with van der Waals surface area (Å²) in [6.45, 7) is 0. The maximum absolute atomic E-state index is 4.06. The molecule has 0 fully saturated rings. The number of hydrogen-bond donors (Lipinski definition) is 2. The first-order valence-electron chi connectivity index (χ1n) is 2.85. The number of rotatable bonds is 0. The Kier molecular flexibility index (Phi) is 3.57. The van der Waals surface area contributed by atoms with E-state index < -0.39 is 0 Å². The summed E-state index contributed by atoms with van der Waals surface area (Å²) in [5.74, 6) is 0. The minimum Gasteiger partial charge on any atom is -0.345 e. The lowest BCUT2D eigenvalue weighted by Gasteiger charge is -1.81. The molecule has 2 rings (SSSR count). The van der Waals surface area contributed by atoms with Crippen LogP contribution in [0.2, 0.25) is 0 Å². The Hall–Kier alpha value is -1.06. The zero-order chi connectivity index (χ0) is 6.10. The molecule has 0 saturated heterocycles. The molecular formula is C7H10ClN3. The summed E-state index contributed by atoms with van der Waals surface area (Å²) in [6.07, 6.45) is 1.70. The van der Waals surface area contributed by atoms with Crippen LogP contribution in [0.3, 0.4) is 0 Å². The Bertz CT molecular complexity index is 288. The molecule has 0 saturated carbocycles. The van der Waals surface area contributed by atoms with Crippen molar-refractivity contribution in [1.82, 2.24) is 16.1 Å². The molecule has 4 heteroatoms. The molecule has 60 valence electrons. The van der Waals surface area contributed by atoms with Gasteiger partial charge in [-0.3, -0.25) is 0 Å². The van der Waals surface area contributed by atoms with E-state index >= 15 is 0 Å². The van der Waals surface area contributed by atoms with Gasteiger partial charge in [-0.1, -0.05) is 12.1 Å². The minimum atomic E-state index is 0. The monoisotopic (exact) mass is 171 g/mol. The minimum absolute atomic E-state index is 0. The average Bonchev–Trinajstić information content (AvgIpc) is 2.33. The van der Waals surface area contributed by atoms with Gasteiger partial charge in [0.2, 0.25) is 0 Å². The molecule has 0 atom stereocenters. The van der Waals surface area contributed by atoms with Crippen molar-refractivity contribution < 1.29 is 0 Å². The number of aromatic amines is 1.